The predicted molar refractivity (Wildman–Crippen MR) is 66.2 cm³/mol. The molecule has 0 aliphatic heterocycles. The Morgan fingerprint density at radius 3 is 2.21 bits per heavy atom. The van der Waals surface area contributed by atoms with E-state index >= 15 is 0 Å². The van der Waals surface area contributed by atoms with Gasteiger partial charge in [-0.3, -0.25) is 0 Å². The largest absolute Gasteiger partial charge is 0.315 e. The van der Waals surface area contributed by atoms with Crippen molar-refractivity contribution >= 4 is 25.4 Å². The average molecular weight is 224 g/mol. The zero-order valence-electron chi connectivity index (χ0n) is 8.69. The highest BCUT2D eigenvalue weighted by atomic mass is 35.5. The summed E-state index contributed by atoms with van der Waals surface area (Å²) in [5.74, 6) is 0. The van der Waals surface area contributed by atoms with Gasteiger partial charge in [0.25, 0.3) is 0 Å². The van der Waals surface area contributed by atoms with E-state index < -0.39 is 8.07 Å². The van der Waals surface area contributed by atoms with Crippen LogP contribution in [0.4, 0.5) is 5.69 Å². The lowest BCUT2D eigenvalue weighted by Gasteiger charge is -2.03. The summed E-state index contributed by atoms with van der Waals surface area (Å²) >= 11 is 5.76. The fourth-order valence-electron chi connectivity index (χ4n) is 0.824. The molecule has 0 amide bonds. The van der Waals surface area contributed by atoms with Gasteiger partial charge >= 0.3 is 0 Å². The topological polar surface area (TPSA) is 12.0 Å². The summed E-state index contributed by atoms with van der Waals surface area (Å²) in [4.78, 5) is 0. The van der Waals surface area contributed by atoms with E-state index in [0.29, 0.717) is 0 Å². The molecule has 0 bridgehead atoms. The van der Waals surface area contributed by atoms with Gasteiger partial charge < -0.3 is 5.32 Å². The first kappa shape index (κ1) is 11.2. The molecule has 1 nitrogen and oxygen atoms in total. The van der Waals surface area contributed by atoms with Crippen LogP contribution in [0.3, 0.4) is 0 Å². The lowest BCUT2D eigenvalue weighted by molar-refractivity contribution is 1.63. The summed E-state index contributed by atoms with van der Waals surface area (Å²) in [6.07, 6.45) is 0. The molecule has 0 aromatic heterocycles. The van der Waals surface area contributed by atoms with E-state index in [-0.39, 0.29) is 0 Å². The van der Waals surface area contributed by atoms with Gasteiger partial charge in [-0.25, -0.2) is 0 Å². The van der Waals surface area contributed by atoms with Crippen molar-refractivity contribution in [1.29, 1.82) is 0 Å². The summed E-state index contributed by atoms with van der Waals surface area (Å²) in [7, 11) is -1.27. The summed E-state index contributed by atoms with van der Waals surface area (Å²) in [6, 6.07) is 10.5. The van der Waals surface area contributed by atoms with Crippen molar-refractivity contribution < 1.29 is 0 Å². The van der Waals surface area contributed by atoms with Crippen LogP contribution in [0.25, 0.3) is 0 Å². The van der Waals surface area contributed by atoms with Crippen molar-refractivity contribution in [1.82, 2.24) is 0 Å². The van der Waals surface area contributed by atoms with E-state index in [4.69, 9.17) is 11.6 Å². The van der Waals surface area contributed by atoms with Crippen LogP contribution in [-0.2, 0) is 0 Å². The van der Waals surface area contributed by atoms with E-state index in [2.05, 4.69) is 36.5 Å². The molecule has 14 heavy (non-hydrogen) atoms. The molecular weight excluding hydrogens is 210 g/mol. The zero-order valence-corrected chi connectivity index (χ0v) is 10.4. The SMILES string of the molecule is C[Si](C)(C)C#CNc1ccc(Cl)cc1. The Balaban J connectivity index is 2.61. The predicted octanol–water partition coefficient (Wildman–Crippen LogP) is 3.59. The Morgan fingerprint density at radius 2 is 1.71 bits per heavy atom. The second kappa shape index (κ2) is 4.54. The molecule has 0 atom stereocenters. The van der Waals surface area contributed by atoms with E-state index in [1.165, 1.54) is 0 Å². The van der Waals surface area contributed by atoms with Crippen LogP contribution in [0.2, 0.25) is 24.7 Å². The summed E-state index contributed by atoms with van der Waals surface area (Å²) in [5.41, 5.74) is 4.22. The van der Waals surface area contributed by atoms with Crippen LogP contribution in [0, 0.1) is 11.6 Å². The Hall–Kier alpha value is -0.913. The minimum Gasteiger partial charge on any atom is -0.315 e. The number of nitrogens with one attached hydrogen (secondary N) is 1. The van der Waals surface area contributed by atoms with Crippen LogP contribution in [0.15, 0.2) is 24.3 Å². The normalized spacial score (nSPS) is 10.3. The number of hydrogen-bond acceptors (Lipinski definition) is 1. The molecule has 1 rings (SSSR count). The summed E-state index contributed by atoms with van der Waals surface area (Å²) < 4.78 is 0. The highest BCUT2D eigenvalue weighted by Crippen LogP contribution is 2.12. The average Bonchev–Trinajstić information content (AvgIpc) is 2.06. The van der Waals surface area contributed by atoms with E-state index in [1.807, 2.05) is 24.3 Å². The van der Waals surface area contributed by atoms with Gasteiger partial charge in [0.1, 0.15) is 8.07 Å². The molecule has 0 saturated heterocycles. The van der Waals surface area contributed by atoms with Gasteiger partial charge in [-0.1, -0.05) is 31.2 Å². The van der Waals surface area contributed by atoms with Crippen LogP contribution in [-0.4, -0.2) is 8.07 Å². The lowest BCUT2D eigenvalue weighted by atomic mass is 10.3. The van der Waals surface area contributed by atoms with Crippen molar-refractivity contribution in [3.8, 4) is 11.6 Å². The molecule has 3 heteroatoms. The minimum absolute atomic E-state index is 0.744. The number of halogens is 1. The smallest absolute Gasteiger partial charge is 0.131 e. The molecular formula is C11H14ClNSi. The van der Waals surface area contributed by atoms with Crippen molar-refractivity contribution in [2.45, 2.75) is 19.6 Å². The highest BCUT2D eigenvalue weighted by molar-refractivity contribution is 6.83. The van der Waals surface area contributed by atoms with Crippen LogP contribution in [0.1, 0.15) is 0 Å². The maximum atomic E-state index is 5.76. The zero-order chi connectivity index (χ0) is 10.6. The molecule has 0 saturated carbocycles. The van der Waals surface area contributed by atoms with Gasteiger partial charge in [0.2, 0.25) is 0 Å². The summed E-state index contributed by atoms with van der Waals surface area (Å²) in [5, 5.41) is 3.79. The molecule has 0 unspecified atom stereocenters. The van der Waals surface area contributed by atoms with Crippen molar-refractivity contribution in [2.24, 2.45) is 0 Å². The Bertz CT molecular complexity index is 354. The third kappa shape index (κ3) is 4.36. The van der Waals surface area contributed by atoms with E-state index in [1.54, 1.807) is 0 Å². The van der Waals surface area contributed by atoms with Gasteiger partial charge in [-0.2, -0.15) is 0 Å². The van der Waals surface area contributed by atoms with Crippen LogP contribution < -0.4 is 5.32 Å². The van der Waals surface area contributed by atoms with Gasteiger partial charge in [0, 0.05) is 16.8 Å². The van der Waals surface area contributed by atoms with Crippen molar-refractivity contribution in [3.63, 3.8) is 0 Å². The third-order valence-electron chi connectivity index (χ3n) is 1.49. The first-order valence-corrected chi connectivity index (χ1v) is 8.39. The van der Waals surface area contributed by atoms with Gasteiger partial charge in [0.15, 0.2) is 0 Å². The molecule has 0 aliphatic carbocycles. The van der Waals surface area contributed by atoms with Gasteiger partial charge in [-0.05, 0) is 24.3 Å². The number of anilines is 1. The summed E-state index contributed by atoms with van der Waals surface area (Å²) in [6.45, 7) is 6.64. The molecule has 1 aromatic rings. The molecule has 0 fully saturated rings. The minimum atomic E-state index is -1.27. The third-order valence-corrected chi connectivity index (χ3v) is 2.62. The molecule has 0 spiro atoms. The van der Waals surface area contributed by atoms with Gasteiger partial charge in [0.05, 0.1) is 0 Å². The maximum Gasteiger partial charge on any atom is 0.131 e. The maximum absolute atomic E-state index is 5.76. The Labute approximate surface area is 91.5 Å². The second-order valence-electron chi connectivity index (χ2n) is 4.13. The Kier molecular flexibility index (Phi) is 3.62. The van der Waals surface area contributed by atoms with Crippen LogP contribution >= 0.6 is 11.6 Å². The number of benzene rings is 1. The second-order valence-corrected chi connectivity index (χ2v) is 9.32. The van der Waals surface area contributed by atoms with Crippen LogP contribution in [0.5, 0.6) is 0 Å². The molecule has 0 heterocycles. The molecule has 0 aliphatic rings. The molecule has 1 aromatic carbocycles. The monoisotopic (exact) mass is 223 g/mol. The first-order valence-electron chi connectivity index (χ1n) is 4.51. The quantitative estimate of drug-likeness (QED) is 0.436. The van der Waals surface area contributed by atoms with Gasteiger partial charge in [-0.15, -0.1) is 5.54 Å². The van der Waals surface area contributed by atoms with Crippen molar-refractivity contribution in [2.75, 3.05) is 5.32 Å². The highest BCUT2D eigenvalue weighted by Gasteiger charge is 2.07. The fraction of sp³-hybridized carbons (Fsp3) is 0.273. The molecule has 1 N–H and O–H groups in total. The molecule has 74 valence electrons. The first-order chi connectivity index (χ1) is 6.47. The van der Waals surface area contributed by atoms with E-state index in [9.17, 15) is 0 Å². The Morgan fingerprint density at radius 1 is 1.14 bits per heavy atom. The standard InChI is InChI=1S/C11H14ClNSi/c1-14(2,3)9-8-13-11-6-4-10(12)5-7-11/h4-7,13H,1-3H3. The van der Waals surface area contributed by atoms with Crippen molar-refractivity contribution in [3.05, 3.63) is 29.3 Å². The fourth-order valence-corrected chi connectivity index (χ4v) is 1.39. The van der Waals surface area contributed by atoms with E-state index in [0.717, 1.165) is 10.7 Å². The lowest BCUT2D eigenvalue weighted by Crippen LogP contribution is -2.16. The number of hydrogen-bond donors (Lipinski definition) is 1. The number of rotatable bonds is 1. The molecule has 0 radical (unpaired) electrons.